The van der Waals surface area contributed by atoms with Gasteiger partial charge in [0.15, 0.2) is 11.8 Å². The number of halogens is 1. The lowest BCUT2D eigenvalue weighted by Gasteiger charge is -2.34. The van der Waals surface area contributed by atoms with Gasteiger partial charge in [0.2, 0.25) is 0 Å². The quantitative estimate of drug-likeness (QED) is 0.230. The van der Waals surface area contributed by atoms with E-state index in [9.17, 15) is 0 Å². The van der Waals surface area contributed by atoms with Crippen molar-refractivity contribution in [1.29, 1.82) is 0 Å². The van der Waals surface area contributed by atoms with Crippen molar-refractivity contribution < 1.29 is 4.74 Å². The van der Waals surface area contributed by atoms with Gasteiger partial charge in [-0.1, -0.05) is 13.8 Å². The first-order valence-corrected chi connectivity index (χ1v) is 10.1. The number of nitrogens with zero attached hydrogens (tertiary/aromatic N) is 5. The lowest BCUT2D eigenvalue weighted by atomic mass is 10.0. The number of ether oxygens (including phenoxy) is 1. The molecule has 1 aliphatic heterocycles. The molecule has 0 radical (unpaired) electrons. The number of likely N-dealkylation sites (tertiary alicyclic amines) is 1. The maximum atomic E-state index is 5.14. The van der Waals surface area contributed by atoms with Crippen molar-refractivity contribution in [3.05, 3.63) is 11.6 Å². The summed E-state index contributed by atoms with van der Waals surface area (Å²) < 4.78 is 7.12. The van der Waals surface area contributed by atoms with Gasteiger partial charge in [0, 0.05) is 53.0 Å². The number of aryl methyl sites for hydroxylation is 1. The summed E-state index contributed by atoms with van der Waals surface area (Å²) in [4.78, 5) is 7.31. The molecule has 2 heterocycles. The minimum absolute atomic E-state index is 0. The van der Waals surface area contributed by atoms with Crippen LogP contribution in [0.5, 0.6) is 0 Å². The number of methoxy groups -OCH3 is 1. The summed E-state index contributed by atoms with van der Waals surface area (Å²) in [7, 11) is 3.71. The molecule has 162 valence electrons. The van der Waals surface area contributed by atoms with Crippen LogP contribution in [0.3, 0.4) is 0 Å². The van der Waals surface area contributed by atoms with E-state index in [1.165, 1.54) is 6.54 Å². The van der Waals surface area contributed by atoms with Crippen molar-refractivity contribution in [1.82, 2.24) is 30.3 Å². The van der Waals surface area contributed by atoms with Crippen molar-refractivity contribution in [2.24, 2.45) is 18.0 Å². The Bertz CT molecular complexity index is 583. The van der Waals surface area contributed by atoms with Gasteiger partial charge in [0.25, 0.3) is 0 Å². The average molecular weight is 507 g/mol. The van der Waals surface area contributed by atoms with Gasteiger partial charge >= 0.3 is 0 Å². The molecule has 2 N–H and O–H groups in total. The van der Waals surface area contributed by atoms with Crippen LogP contribution in [0.4, 0.5) is 0 Å². The van der Waals surface area contributed by atoms with Crippen LogP contribution in [-0.2, 0) is 18.3 Å². The molecule has 1 saturated heterocycles. The second-order valence-electron chi connectivity index (χ2n) is 7.77. The fourth-order valence-electron chi connectivity index (χ4n) is 3.28. The van der Waals surface area contributed by atoms with Crippen LogP contribution in [0.2, 0.25) is 0 Å². The van der Waals surface area contributed by atoms with Gasteiger partial charge in [-0.05, 0) is 32.1 Å². The number of guanidine groups is 1. The minimum atomic E-state index is 0. The third-order valence-electron chi connectivity index (χ3n) is 4.93. The molecule has 9 heteroatoms. The van der Waals surface area contributed by atoms with E-state index >= 15 is 0 Å². The Kier molecular flexibility index (Phi) is 11.9. The van der Waals surface area contributed by atoms with Crippen LogP contribution in [0.25, 0.3) is 0 Å². The Morgan fingerprint density at radius 3 is 2.57 bits per heavy atom. The second-order valence-corrected chi connectivity index (χ2v) is 7.77. The second kappa shape index (κ2) is 13.3. The van der Waals surface area contributed by atoms with E-state index in [1.54, 1.807) is 7.11 Å². The summed E-state index contributed by atoms with van der Waals surface area (Å²) in [5, 5.41) is 15.4. The number of piperidine rings is 1. The van der Waals surface area contributed by atoms with Crippen LogP contribution < -0.4 is 10.6 Å². The Morgan fingerprint density at radius 1 is 1.29 bits per heavy atom. The van der Waals surface area contributed by atoms with E-state index in [2.05, 4.69) is 39.6 Å². The number of aromatic nitrogens is 3. The third kappa shape index (κ3) is 8.60. The summed E-state index contributed by atoms with van der Waals surface area (Å²) in [6, 6.07) is 0.461. The molecule has 0 atom stereocenters. The smallest absolute Gasteiger partial charge is 0.191 e. The molecule has 0 amide bonds. The van der Waals surface area contributed by atoms with Crippen molar-refractivity contribution in [3.8, 4) is 0 Å². The molecular formula is C19H38IN7O. The summed E-state index contributed by atoms with van der Waals surface area (Å²) in [6.45, 7) is 12.1. The summed E-state index contributed by atoms with van der Waals surface area (Å²) in [5.74, 6) is 3.36. The highest BCUT2D eigenvalue weighted by Crippen LogP contribution is 2.12. The van der Waals surface area contributed by atoms with Gasteiger partial charge in [-0.15, -0.1) is 34.2 Å². The van der Waals surface area contributed by atoms with Gasteiger partial charge in [-0.2, -0.15) is 0 Å². The summed E-state index contributed by atoms with van der Waals surface area (Å²) in [5.41, 5.74) is 0. The zero-order valence-corrected chi connectivity index (χ0v) is 20.4. The molecule has 0 bridgehead atoms. The highest BCUT2D eigenvalue weighted by atomic mass is 127. The van der Waals surface area contributed by atoms with E-state index in [1.807, 2.05) is 18.5 Å². The molecule has 1 fully saturated rings. The van der Waals surface area contributed by atoms with E-state index in [4.69, 9.17) is 9.73 Å². The zero-order valence-electron chi connectivity index (χ0n) is 18.1. The van der Waals surface area contributed by atoms with Gasteiger partial charge in [0.05, 0.1) is 0 Å². The molecule has 1 aliphatic rings. The fourth-order valence-corrected chi connectivity index (χ4v) is 3.28. The van der Waals surface area contributed by atoms with Gasteiger partial charge in [0.1, 0.15) is 12.4 Å². The maximum Gasteiger partial charge on any atom is 0.191 e. The van der Waals surface area contributed by atoms with Crippen LogP contribution in [0, 0.1) is 12.8 Å². The van der Waals surface area contributed by atoms with Crippen LogP contribution in [0.1, 0.15) is 44.8 Å². The molecule has 0 spiro atoms. The van der Waals surface area contributed by atoms with Crippen LogP contribution in [-0.4, -0.2) is 71.6 Å². The number of aliphatic imine (C=N–C) groups is 1. The van der Waals surface area contributed by atoms with Crippen LogP contribution in [0.15, 0.2) is 4.99 Å². The lowest BCUT2D eigenvalue weighted by molar-refractivity contribution is 0.186. The fraction of sp³-hybridized carbons (Fsp3) is 0.842. The number of rotatable bonds is 9. The number of hydrogen-bond donors (Lipinski definition) is 2. The topological polar surface area (TPSA) is 79.6 Å². The van der Waals surface area contributed by atoms with Gasteiger partial charge in [-0.3, -0.25) is 0 Å². The van der Waals surface area contributed by atoms with Crippen molar-refractivity contribution >= 4 is 29.9 Å². The molecule has 8 nitrogen and oxygen atoms in total. The normalized spacial score (nSPS) is 16.3. The Labute approximate surface area is 186 Å². The highest BCUT2D eigenvalue weighted by Gasteiger charge is 2.20. The summed E-state index contributed by atoms with van der Waals surface area (Å²) in [6.07, 6.45) is 3.25. The van der Waals surface area contributed by atoms with Crippen molar-refractivity contribution in [2.45, 2.75) is 52.6 Å². The van der Waals surface area contributed by atoms with Crippen molar-refractivity contribution in [3.63, 3.8) is 0 Å². The Balaban J connectivity index is 0.00000392. The van der Waals surface area contributed by atoms with E-state index < -0.39 is 0 Å². The average Bonchev–Trinajstić information content (AvgIpc) is 2.96. The first-order chi connectivity index (χ1) is 13.0. The Hall–Kier alpha value is -0.940. The standard InChI is InChI=1S/C19H37N7O.HI/c1-15(2)14-26-10-7-17(8-11-26)22-19(20-9-6-12-27-5)21-13-18-24-23-16(3)25(18)4;/h15,17H,6-14H2,1-5H3,(H2,20,21,22);1H. The summed E-state index contributed by atoms with van der Waals surface area (Å²) >= 11 is 0. The largest absolute Gasteiger partial charge is 0.385 e. The van der Waals surface area contributed by atoms with Gasteiger partial charge < -0.3 is 24.8 Å². The Morgan fingerprint density at radius 2 is 2.00 bits per heavy atom. The van der Waals surface area contributed by atoms with Crippen molar-refractivity contribution in [2.75, 3.05) is 39.9 Å². The SMILES string of the molecule is COCCCNC(=NCc1nnc(C)n1C)NC1CCN(CC(C)C)CC1.I. The lowest BCUT2D eigenvalue weighted by Crippen LogP contribution is -2.49. The molecule has 2 rings (SSSR count). The molecule has 1 aromatic heterocycles. The first kappa shape index (κ1) is 25.1. The maximum absolute atomic E-state index is 5.14. The number of nitrogens with one attached hydrogen (secondary N) is 2. The molecular weight excluding hydrogens is 469 g/mol. The predicted octanol–water partition coefficient (Wildman–Crippen LogP) is 1.93. The third-order valence-corrected chi connectivity index (χ3v) is 4.93. The predicted molar refractivity (Wildman–Crippen MR) is 124 cm³/mol. The molecule has 0 unspecified atom stereocenters. The van der Waals surface area contributed by atoms with E-state index in [0.717, 1.165) is 69.0 Å². The molecule has 0 saturated carbocycles. The molecule has 0 aliphatic carbocycles. The first-order valence-electron chi connectivity index (χ1n) is 10.1. The van der Waals surface area contributed by atoms with Gasteiger partial charge in [-0.25, -0.2) is 4.99 Å². The zero-order chi connectivity index (χ0) is 19.6. The minimum Gasteiger partial charge on any atom is -0.385 e. The molecule has 1 aromatic rings. The monoisotopic (exact) mass is 507 g/mol. The van der Waals surface area contributed by atoms with Crippen LogP contribution >= 0.6 is 24.0 Å². The van der Waals surface area contributed by atoms with E-state index in [0.29, 0.717) is 12.6 Å². The number of hydrogen-bond acceptors (Lipinski definition) is 5. The highest BCUT2D eigenvalue weighted by molar-refractivity contribution is 14.0. The van der Waals surface area contributed by atoms with E-state index in [-0.39, 0.29) is 24.0 Å². The molecule has 28 heavy (non-hydrogen) atoms. The molecule has 0 aromatic carbocycles.